The van der Waals surface area contributed by atoms with Crippen LogP contribution in [-0.4, -0.2) is 23.4 Å². The van der Waals surface area contributed by atoms with Gasteiger partial charge in [0.2, 0.25) is 0 Å². The molecule has 18 heavy (non-hydrogen) atoms. The molecule has 0 aliphatic rings. The molecule has 0 aliphatic carbocycles. The zero-order valence-corrected chi connectivity index (χ0v) is 11.8. The van der Waals surface area contributed by atoms with Crippen LogP contribution in [0.2, 0.25) is 5.02 Å². The predicted molar refractivity (Wildman–Crippen MR) is 76.1 cm³/mol. The summed E-state index contributed by atoms with van der Waals surface area (Å²) < 4.78 is 2.02. The fourth-order valence-electron chi connectivity index (χ4n) is 2.05. The SMILES string of the molecule is CNCCn1ncc(-c2cccc(Cl)c2C)c1C. The summed E-state index contributed by atoms with van der Waals surface area (Å²) >= 11 is 6.17. The maximum atomic E-state index is 6.17. The van der Waals surface area contributed by atoms with Crippen molar-refractivity contribution < 1.29 is 0 Å². The van der Waals surface area contributed by atoms with E-state index in [1.54, 1.807) is 0 Å². The Morgan fingerprint density at radius 3 is 2.78 bits per heavy atom. The summed E-state index contributed by atoms with van der Waals surface area (Å²) in [5, 5.41) is 8.37. The minimum atomic E-state index is 0.801. The lowest BCUT2D eigenvalue weighted by Crippen LogP contribution is -2.16. The zero-order valence-electron chi connectivity index (χ0n) is 11.0. The maximum Gasteiger partial charge on any atom is 0.0571 e. The summed E-state index contributed by atoms with van der Waals surface area (Å²) in [6, 6.07) is 5.99. The van der Waals surface area contributed by atoms with Crippen molar-refractivity contribution in [3.8, 4) is 11.1 Å². The standard InChI is InChI=1S/C14H18ClN3/c1-10-12(5-4-6-14(10)15)13-9-17-18(11(13)2)8-7-16-3/h4-6,9,16H,7-8H2,1-3H3. The molecule has 2 rings (SSSR count). The van der Waals surface area contributed by atoms with Crippen LogP contribution in [0.15, 0.2) is 24.4 Å². The third kappa shape index (κ3) is 2.42. The van der Waals surface area contributed by atoms with E-state index in [1.165, 1.54) is 5.69 Å². The van der Waals surface area contributed by atoms with Crippen LogP contribution in [-0.2, 0) is 6.54 Å². The number of hydrogen-bond donors (Lipinski definition) is 1. The van der Waals surface area contributed by atoms with Gasteiger partial charge in [0.05, 0.1) is 12.7 Å². The molecule has 0 unspecified atom stereocenters. The normalized spacial score (nSPS) is 10.9. The lowest BCUT2D eigenvalue weighted by molar-refractivity contribution is 0.572. The van der Waals surface area contributed by atoms with Crippen molar-refractivity contribution >= 4 is 11.6 Å². The van der Waals surface area contributed by atoms with Crippen LogP contribution < -0.4 is 5.32 Å². The molecule has 0 fully saturated rings. The molecule has 3 nitrogen and oxygen atoms in total. The van der Waals surface area contributed by atoms with E-state index in [0.29, 0.717) is 0 Å². The molecule has 4 heteroatoms. The van der Waals surface area contributed by atoms with Gasteiger partial charge < -0.3 is 5.32 Å². The molecule has 1 aromatic carbocycles. The first-order chi connectivity index (χ1) is 8.65. The molecule has 1 heterocycles. The number of halogens is 1. The van der Waals surface area contributed by atoms with Gasteiger partial charge in [0, 0.05) is 22.8 Å². The molecule has 1 aromatic heterocycles. The van der Waals surface area contributed by atoms with Crippen molar-refractivity contribution in [2.75, 3.05) is 13.6 Å². The van der Waals surface area contributed by atoms with E-state index >= 15 is 0 Å². The minimum absolute atomic E-state index is 0.801. The van der Waals surface area contributed by atoms with E-state index in [0.717, 1.165) is 34.8 Å². The fourth-order valence-corrected chi connectivity index (χ4v) is 2.23. The second kappa shape index (κ2) is 5.55. The van der Waals surface area contributed by atoms with Gasteiger partial charge in [-0.3, -0.25) is 4.68 Å². The van der Waals surface area contributed by atoms with E-state index in [1.807, 2.05) is 37.0 Å². The summed E-state index contributed by atoms with van der Waals surface area (Å²) in [5.74, 6) is 0. The molecule has 0 radical (unpaired) electrons. The molecule has 0 aliphatic heterocycles. The quantitative estimate of drug-likeness (QED) is 0.919. The molecule has 0 spiro atoms. The number of nitrogens with zero attached hydrogens (tertiary/aromatic N) is 2. The largest absolute Gasteiger partial charge is 0.318 e. The Balaban J connectivity index is 2.39. The topological polar surface area (TPSA) is 29.9 Å². The van der Waals surface area contributed by atoms with Crippen molar-refractivity contribution in [3.05, 3.63) is 40.7 Å². The highest BCUT2D eigenvalue weighted by Crippen LogP contribution is 2.30. The van der Waals surface area contributed by atoms with Crippen LogP contribution in [0.4, 0.5) is 0 Å². The summed E-state index contributed by atoms with van der Waals surface area (Å²) in [6.07, 6.45) is 1.92. The van der Waals surface area contributed by atoms with Crippen molar-refractivity contribution in [1.29, 1.82) is 0 Å². The highest BCUT2D eigenvalue weighted by atomic mass is 35.5. The van der Waals surface area contributed by atoms with Gasteiger partial charge >= 0.3 is 0 Å². The number of aromatic nitrogens is 2. The average Bonchev–Trinajstić information content (AvgIpc) is 2.72. The Hall–Kier alpha value is -1.32. The molecular formula is C14H18ClN3. The van der Waals surface area contributed by atoms with Crippen molar-refractivity contribution in [1.82, 2.24) is 15.1 Å². The van der Waals surface area contributed by atoms with Gasteiger partial charge in [-0.2, -0.15) is 5.10 Å². The first-order valence-electron chi connectivity index (χ1n) is 6.07. The summed E-state index contributed by atoms with van der Waals surface area (Å²) in [7, 11) is 1.95. The summed E-state index contributed by atoms with van der Waals surface area (Å²) in [4.78, 5) is 0. The average molecular weight is 264 g/mol. The van der Waals surface area contributed by atoms with Crippen molar-refractivity contribution in [2.45, 2.75) is 20.4 Å². The third-order valence-corrected chi connectivity index (χ3v) is 3.64. The Morgan fingerprint density at radius 2 is 2.06 bits per heavy atom. The molecule has 96 valence electrons. The second-order valence-electron chi connectivity index (χ2n) is 4.38. The zero-order chi connectivity index (χ0) is 13.1. The lowest BCUT2D eigenvalue weighted by Gasteiger charge is -2.08. The van der Waals surface area contributed by atoms with E-state index in [4.69, 9.17) is 11.6 Å². The number of likely N-dealkylation sites (N-methyl/N-ethyl adjacent to an activating group) is 1. The third-order valence-electron chi connectivity index (χ3n) is 3.23. The molecule has 0 amide bonds. The molecule has 0 bridgehead atoms. The smallest absolute Gasteiger partial charge is 0.0571 e. The Kier molecular flexibility index (Phi) is 4.04. The second-order valence-corrected chi connectivity index (χ2v) is 4.79. The lowest BCUT2D eigenvalue weighted by atomic mass is 10.0. The molecular weight excluding hydrogens is 246 g/mol. The first-order valence-corrected chi connectivity index (χ1v) is 6.45. The molecule has 2 aromatic rings. The minimum Gasteiger partial charge on any atom is -0.318 e. The van der Waals surface area contributed by atoms with Gasteiger partial charge in [-0.15, -0.1) is 0 Å². The highest BCUT2D eigenvalue weighted by molar-refractivity contribution is 6.31. The van der Waals surface area contributed by atoms with Crippen LogP contribution in [0.3, 0.4) is 0 Å². The van der Waals surface area contributed by atoms with E-state index < -0.39 is 0 Å². The van der Waals surface area contributed by atoms with Gasteiger partial charge in [0.25, 0.3) is 0 Å². The molecule has 0 saturated carbocycles. The maximum absolute atomic E-state index is 6.17. The van der Waals surface area contributed by atoms with Crippen LogP contribution in [0.25, 0.3) is 11.1 Å². The van der Waals surface area contributed by atoms with E-state index in [-0.39, 0.29) is 0 Å². The Bertz CT molecular complexity index is 546. The number of rotatable bonds is 4. The Labute approximate surface area is 113 Å². The van der Waals surface area contributed by atoms with Gasteiger partial charge in [-0.1, -0.05) is 23.7 Å². The summed E-state index contributed by atoms with van der Waals surface area (Å²) in [6.45, 7) is 5.93. The summed E-state index contributed by atoms with van der Waals surface area (Å²) in [5.41, 5.74) is 4.60. The van der Waals surface area contributed by atoms with Gasteiger partial charge in [-0.25, -0.2) is 0 Å². The van der Waals surface area contributed by atoms with E-state index in [2.05, 4.69) is 23.4 Å². The molecule has 0 saturated heterocycles. The van der Waals surface area contributed by atoms with Gasteiger partial charge in [0.1, 0.15) is 0 Å². The number of nitrogens with one attached hydrogen (secondary N) is 1. The van der Waals surface area contributed by atoms with Gasteiger partial charge in [-0.05, 0) is 38.1 Å². The molecule has 0 atom stereocenters. The van der Waals surface area contributed by atoms with Gasteiger partial charge in [0.15, 0.2) is 0 Å². The van der Waals surface area contributed by atoms with E-state index in [9.17, 15) is 0 Å². The predicted octanol–water partition coefficient (Wildman–Crippen LogP) is 3.04. The fraction of sp³-hybridized carbons (Fsp3) is 0.357. The first kappa shape index (κ1) is 13.1. The van der Waals surface area contributed by atoms with Crippen LogP contribution in [0, 0.1) is 13.8 Å². The monoisotopic (exact) mass is 263 g/mol. The number of benzene rings is 1. The Morgan fingerprint density at radius 1 is 1.28 bits per heavy atom. The van der Waals surface area contributed by atoms with Crippen molar-refractivity contribution in [2.24, 2.45) is 0 Å². The van der Waals surface area contributed by atoms with Crippen LogP contribution in [0.1, 0.15) is 11.3 Å². The molecule has 1 N–H and O–H groups in total. The highest BCUT2D eigenvalue weighted by Gasteiger charge is 2.11. The van der Waals surface area contributed by atoms with Crippen LogP contribution in [0.5, 0.6) is 0 Å². The van der Waals surface area contributed by atoms with Crippen molar-refractivity contribution in [3.63, 3.8) is 0 Å². The van der Waals surface area contributed by atoms with Crippen LogP contribution >= 0.6 is 11.6 Å². The number of hydrogen-bond acceptors (Lipinski definition) is 2.